The molecule has 3 aliphatic rings. The molecule has 0 radical (unpaired) electrons. The Morgan fingerprint density at radius 3 is 2.62 bits per heavy atom. The van der Waals surface area contributed by atoms with Crippen LogP contribution in [-0.4, -0.2) is 39.0 Å². The van der Waals surface area contributed by atoms with Gasteiger partial charge in [0, 0.05) is 12.6 Å². The third kappa shape index (κ3) is 6.25. The summed E-state index contributed by atoms with van der Waals surface area (Å²) in [6, 6.07) is 5.18. The molecule has 0 bridgehead atoms. The van der Waals surface area contributed by atoms with Crippen molar-refractivity contribution in [2.45, 2.75) is 104 Å². The number of fused-ring (bicyclic) bond motifs is 1. The lowest BCUT2D eigenvalue weighted by Gasteiger charge is -2.52. The molecule has 1 heterocycles. The Balaban J connectivity index is 1.48. The van der Waals surface area contributed by atoms with Crippen LogP contribution in [0.2, 0.25) is 0 Å². The van der Waals surface area contributed by atoms with E-state index in [1.165, 1.54) is 0 Å². The van der Waals surface area contributed by atoms with Crippen LogP contribution in [0.15, 0.2) is 60.3 Å². The Kier molecular flexibility index (Phi) is 9.22. The van der Waals surface area contributed by atoms with Gasteiger partial charge < -0.3 is 14.9 Å². The summed E-state index contributed by atoms with van der Waals surface area (Å²) in [5.74, 6) is 1.71. The molecule has 3 aliphatic carbocycles. The Morgan fingerprint density at radius 1 is 1.15 bits per heavy atom. The molecule has 5 heteroatoms. The van der Waals surface area contributed by atoms with Crippen LogP contribution in [0.3, 0.4) is 0 Å². The monoisotopic (exact) mass is 535 g/mol. The van der Waals surface area contributed by atoms with Gasteiger partial charge in [-0.1, -0.05) is 65.0 Å². The van der Waals surface area contributed by atoms with Gasteiger partial charge in [0.15, 0.2) is 0 Å². The van der Waals surface area contributed by atoms with Gasteiger partial charge in [-0.05, 0) is 104 Å². The van der Waals surface area contributed by atoms with Crippen molar-refractivity contribution in [1.82, 2.24) is 4.98 Å². The maximum atomic E-state index is 12.6. The van der Waals surface area contributed by atoms with Gasteiger partial charge in [-0.3, -0.25) is 0 Å². The normalized spacial score (nSPS) is 34.7. The minimum absolute atomic E-state index is 0.0123. The number of rotatable bonds is 8. The molecule has 0 aromatic carbocycles. The Hall–Kier alpha value is -2.24. The van der Waals surface area contributed by atoms with Crippen molar-refractivity contribution in [3.05, 3.63) is 66.0 Å². The molecule has 5 nitrogen and oxygen atoms in total. The van der Waals surface area contributed by atoms with Crippen LogP contribution in [0, 0.1) is 35.0 Å². The van der Waals surface area contributed by atoms with Crippen molar-refractivity contribution in [3.8, 4) is 0 Å². The molecule has 39 heavy (non-hydrogen) atoms. The van der Waals surface area contributed by atoms with E-state index < -0.39 is 17.7 Å². The van der Waals surface area contributed by atoms with Gasteiger partial charge in [0.05, 0.1) is 5.60 Å². The molecule has 0 saturated heterocycles. The lowest BCUT2D eigenvalue weighted by atomic mass is 9.56. The van der Waals surface area contributed by atoms with E-state index in [0.29, 0.717) is 55.0 Å². The summed E-state index contributed by atoms with van der Waals surface area (Å²) in [5.41, 5.74) is 0.954. The number of carbonyl (C=O) groups excluding carboxylic acids is 1. The van der Waals surface area contributed by atoms with Gasteiger partial charge in [0.1, 0.15) is 17.9 Å². The average Bonchev–Trinajstić information content (AvgIpc) is 3.27. The molecule has 4 rings (SSSR count). The first-order valence-electron chi connectivity index (χ1n) is 15.0. The number of hydrogen-bond donors (Lipinski definition) is 2. The predicted molar refractivity (Wildman–Crippen MR) is 156 cm³/mol. The van der Waals surface area contributed by atoms with E-state index in [9.17, 15) is 15.0 Å². The SMILES string of the molecule is C=C1CC[C@@H](OC(=O)c2ccccn2)C/C1=C/[C@@H](O)[C@]1(O)CCC[C@]2(C)[C@@H]([C@H](C)/C=C/[C@H](C)C(C)C)CC[C@H]21. The van der Waals surface area contributed by atoms with Crippen LogP contribution in [0.4, 0.5) is 0 Å². The van der Waals surface area contributed by atoms with Gasteiger partial charge in [-0.25, -0.2) is 9.78 Å². The highest BCUT2D eigenvalue weighted by Gasteiger charge is 2.59. The number of carbonyl (C=O) groups is 1. The Morgan fingerprint density at radius 2 is 1.92 bits per heavy atom. The number of aromatic nitrogens is 1. The maximum absolute atomic E-state index is 12.6. The van der Waals surface area contributed by atoms with E-state index in [-0.39, 0.29) is 17.4 Å². The van der Waals surface area contributed by atoms with Crippen molar-refractivity contribution in [3.63, 3.8) is 0 Å². The summed E-state index contributed by atoms with van der Waals surface area (Å²) in [7, 11) is 0. The van der Waals surface area contributed by atoms with Crippen molar-refractivity contribution in [2.75, 3.05) is 0 Å². The molecule has 1 aromatic heterocycles. The van der Waals surface area contributed by atoms with Gasteiger partial charge in [-0.2, -0.15) is 0 Å². The van der Waals surface area contributed by atoms with Gasteiger partial charge in [0.25, 0.3) is 0 Å². The number of aliphatic hydroxyl groups is 2. The second-order valence-corrected chi connectivity index (χ2v) is 13.2. The highest BCUT2D eigenvalue weighted by Crippen LogP contribution is 2.61. The van der Waals surface area contributed by atoms with E-state index in [2.05, 4.69) is 58.3 Å². The molecular formula is C34H49NO4. The molecular weight excluding hydrogens is 486 g/mol. The molecule has 3 fully saturated rings. The van der Waals surface area contributed by atoms with Crippen LogP contribution in [-0.2, 0) is 4.74 Å². The molecule has 1 aromatic rings. The number of ether oxygens (including phenoxy) is 1. The lowest BCUT2D eigenvalue weighted by molar-refractivity contribution is -0.155. The lowest BCUT2D eigenvalue weighted by Crippen LogP contribution is -2.56. The van der Waals surface area contributed by atoms with E-state index >= 15 is 0 Å². The van der Waals surface area contributed by atoms with Crippen LogP contribution < -0.4 is 0 Å². The number of pyridine rings is 1. The first-order valence-corrected chi connectivity index (χ1v) is 15.0. The van der Waals surface area contributed by atoms with Crippen molar-refractivity contribution in [1.29, 1.82) is 0 Å². The number of allylic oxidation sites excluding steroid dienone is 3. The van der Waals surface area contributed by atoms with E-state index in [1.54, 1.807) is 24.4 Å². The fraction of sp³-hybridized carbons (Fsp3) is 0.647. The first-order chi connectivity index (χ1) is 18.5. The summed E-state index contributed by atoms with van der Waals surface area (Å²) in [6.07, 6.45) is 13.4. The molecule has 0 unspecified atom stereocenters. The molecule has 8 atom stereocenters. The van der Waals surface area contributed by atoms with E-state index in [0.717, 1.165) is 36.8 Å². The summed E-state index contributed by atoms with van der Waals surface area (Å²) >= 11 is 0. The van der Waals surface area contributed by atoms with Crippen molar-refractivity contribution < 1.29 is 19.7 Å². The summed E-state index contributed by atoms with van der Waals surface area (Å²) < 4.78 is 5.75. The Labute approximate surface area is 235 Å². The Bertz CT molecular complexity index is 1080. The highest BCUT2D eigenvalue weighted by molar-refractivity contribution is 5.87. The van der Waals surface area contributed by atoms with Crippen LogP contribution >= 0.6 is 0 Å². The summed E-state index contributed by atoms with van der Waals surface area (Å²) in [6.45, 7) is 15.7. The zero-order valence-electron chi connectivity index (χ0n) is 24.6. The van der Waals surface area contributed by atoms with Gasteiger partial charge in [0.2, 0.25) is 0 Å². The molecule has 0 spiro atoms. The van der Waals surface area contributed by atoms with Crippen LogP contribution in [0.1, 0.15) is 96.5 Å². The second kappa shape index (κ2) is 12.1. The highest BCUT2D eigenvalue weighted by atomic mass is 16.5. The first kappa shape index (κ1) is 29.7. The number of nitrogens with zero attached hydrogens (tertiary/aromatic N) is 1. The second-order valence-electron chi connectivity index (χ2n) is 13.2. The third-order valence-electron chi connectivity index (χ3n) is 10.4. The number of hydrogen-bond acceptors (Lipinski definition) is 5. The van der Waals surface area contributed by atoms with Gasteiger partial charge in [-0.15, -0.1) is 0 Å². The zero-order chi connectivity index (χ0) is 28.4. The minimum Gasteiger partial charge on any atom is -0.457 e. The van der Waals surface area contributed by atoms with Gasteiger partial charge >= 0.3 is 5.97 Å². The molecule has 0 amide bonds. The average molecular weight is 536 g/mol. The summed E-state index contributed by atoms with van der Waals surface area (Å²) in [4.78, 5) is 16.7. The maximum Gasteiger partial charge on any atom is 0.357 e. The summed E-state index contributed by atoms with van der Waals surface area (Å²) in [5, 5.41) is 23.7. The zero-order valence-corrected chi connectivity index (χ0v) is 24.6. The molecule has 0 aliphatic heterocycles. The topological polar surface area (TPSA) is 79.7 Å². The van der Waals surface area contributed by atoms with Crippen molar-refractivity contribution in [2.24, 2.45) is 35.0 Å². The smallest absolute Gasteiger partial charge is 0.357 e. The van der Waals surface area contributed by atoms with E-state index in [1.807, 2.05) is 6.08 Å². The quantitative estimate of drug-likeness (QED) is 0.275. The fourth-order valence-electron chi connectivity index (χ4n) is 7.60. The molecule has 3 saturated carbocycles. The molecule has 2 N–H and O–H groups in total. The number of esters is 1. The fourth-order valence-corrected chi connectivity index (χ4v) is 7.60. The molecule has 214 valence electrons. The van der Waals surface area contributed by atoms with Crippen LogP contribution in [0.5, 0.6) is 0 Å². The predicted octanol–water partition coefficient (Wildman–Crippen LogP) is 7.07. The minimum atomic E-state index is -1.17. The van der Waals surface area contributed by atoms with Crippen LogP contribution in [0.25, 0.3) is 0 Å². The largest absolute Gasteiger partial charge is 0.457 e. The van der Waals surface area contributed by atoms with E-state index in [4.69, 9.17) is 4.74 Å². The number of aliphatic hydroxyl groups excluding tert-OH is 1. The van der Waals surface area contributed by atoms with Crippen molar-refractivity contribution >= 4 is 5.97 Å². The third-order valence-corrected chi connectivity index (χ3v) is 10.4. The standard InChI is InChI=1S/C34H49NO4/c1-22(2)23(3)11-12-25(5)28-15-16-30-33(28,6)17-9-18-34(30,38)31(36)21-26-20-27(14-13-24(26)4)39-32(37)29-10-7-8-19-35-29/h7-8,10-12,19,21-23,25,27-28,30-31,36,38H,4,9,13-18,20H2,1-3,5-6H3/b12-11+,26-21-/t23-,25+,27+,28+,30+,31+,33+,34-/m0/s1.